The van der Waals surface area contributed by atoms with Crippen LogP contribution in [0.2, 0.25) is 5.02 Å². The highest BCUT2D eigenvalue weighted by molar-refractivity contribution is 6.35. The van der Waals surface area contributed by atoms with E-state index in [4.69, 9.17) is 21.4 Å². The van der Waals surface area contributed by atoms with Gasteiger partial charge in [0.05, 0.1) is 41.3 Å². The van der Waals surface area contributed by atoms with Crippen molar-refractivity contribution in [2.75, 3.05) is 88.2 Å². The smallest absolute Gasteiger partial charge is 0.328 e. The van der Waals surface area contributed by atoms with Crippen molar-refractivity contribution >= 4 is 63.9 Å². The lowest BCUT2D eigenvalue weighted by molar-refractivity contribution is -0.123. The first-order chi connectivity index (χ1) is 33.1. The van der Waals surface area contributed by atoms with Crippen LogP contribution in [0.25, 0.3) is 5.65 Å². The van der Waals surface area contributed by atoms with E-state index in [0.717, 1.165) is 57.2 Å². The summed E-state index contributed by atoms with van der Waals surface area (Å²) in [5.74, 6) is -4.50. The number of piperidine rings is 3. The lowest BCUT2D eigenvalue weighted by atomic mass is 9.71. The SMILES string of the molecule is CNc1cc(N2CCc3c(CN4CCC(CN5CCC6(CC5)CCN(C(=O)c5cc(C)c(Cl)c(N7CCC(=O)NC7=O)c5)CC6)C(F)(F)C4)cc(F)cc32)nn2c(C(=O)NC3CC[C@H]3OC)cnc12. The molecular weight excluding hydrogens is 915 g/mol. The molecule has 7 heterocycles. The Balaban J connectivity index is 0.740. The van der Waals surface area contributed by atoms with Gasteiger partial charge >= 0.3 is 6.03 Å². The van der Waals surface area contributed by atoms with Crippen molar-refractivity contribution in [1.29, 1.82) is 0 Å². The molecule has 5 fully saturated rings. The van der Waals surface area contributed by atoms with E-state index in [9.17, 15) is 19.2 Å². The van der Waals surface area contributed by atoms with Crippen molar-refractivity contribution in [1.82, 2.24) is 39.9 Å². The number of imidazole rings is 1. The van der Waals surface area contributed by atoms with Crippen LogP contribution in [0.5, 0.6) is 0 Å². The number of carbonyl (C=O) groups is 4. The molecule has 2 aromatic heterocycles. The number of anilines is 4. The van der Waals surface area contributed by atoms with Crippen molar-refractivity contribution in [2.45, 2.75) is 89.3 Å². The van der Waals surface area contributed by atoms with Gasteiger partial charge in [0.2, 0.25) is 5.91 Å². The molecular formula is C49H59ClF3N11O5. The molecule has 1 saturated carbocycles. The first-order valence-corrected chi connectivity index (χ1v) is 24.5. The maximum atomic E-state index is 16.1. The van der Waals surface area contributed by atoms with E-state index in [2.05, 4.69) is 25.8 Å². The van der Waals surface area contributed by atoms with E-state index in [1.54, 1.807) is 38.1 Å². The normalized spacial score (nSPS) is 23.8. The number of nitrogens with one attached hydrogen (secondary N) is 3. The van der Waals surface area contributed by atoms with Gasteiger partial charge in [-0.3, -0.25) is 29.5 Å². The van der Waals surface area contributed by atoms with Crippen LogP contribution in [-0.4, -0.2) is 144 Å². The van der Waals surface area contributed by atoms with Gasteiger partial charge in [-0.2, -0.15) is 0 Å². The second kappa shape index (κ2) is 18.7. The molecule has 5 amide bonds. The quantitative estimate of drug-likeness (QED) is 0.153. The van der Waals surface area contributed by atoms with Crippen LogP contribution in [-0.2, 0) is 22.5 Å². The van der Waals surface area contributed by atoms with Crippen molar-refractivity contribution in [3.63, 3.8) is 0 Å². The summed E-state index contributed by atoms with van der Waals surface area (Å²) < 4.78 is 54.7. The summed E-state index contributed by atoms with van der Waals surface area (Å²) in [6.45, 7) is 5.61. The Morgan fingerprint density at radius 2 is 1.67 bits per heavy atom. The molecule has 1 spiro atoms. The predicted molar refractivity (Wildman–Crippen MR) is 254 cm³/mol. The minimum Gasteiger partial charge on any atom is -0.385 e. The molecule has 2 aromatic carbocycles. The number of fused-ring (bicyclic) bond motifs is 2. The average Bonchev–Trinajstić information content (AvgIpc) is 3.95. The minimum atomic E-state index is -2.93. The Morgan fingerprint density at radius 1 is 0.913 bits per heavy atom. The highest BCUT2D eigenvalue weighted by Crippen LogP contribution is 2.44. The summed E-state index contributed by atoms with van der Waals surface area (Å²) in [6, 6.07) is 7.46. The molecule has 368 valence electrons. The van der Waals surface area contributed by atoms with E-state index in [0.29, 0.717) is 95.8 Å². The summed E-state index contributed by atoms with van der Waals surface area (Å²) in [5, 5.41) is 13.7. The molecule has 16 nitrogen and oxygen atoms in total. The first kappa shape index (κ1) is 47.2. The number of rotatable bonds is 11. The zero-order valence-corrected chi connectivity index (χ0v) is 40.0. The first-order valence-electron chi connectivity index (χ1n) is 24.1. The molecule has 0 bridgehead atoms. The Morgan fingerprint density at radius 3 is 2.36 bits per heavy atom. The fourth-order valence-corrected chi connectivity index (χ4v) is 11.6. The molecule has 69 heavy (non-hydrogen) atoms. The van der Waals surface area contributed by atoms with Gasteiger partial charge in [0.25, 0.3) is 17.7 Å². The molecule has 1 aliphatic carbocycles. The summed E-state index contributed by atoms with van der Waals surface area (Å²) in [5.41, 5.74) is 5.11. The topological polar surface area (TPSA) is 160 Å². The lowest BCUT2D eigenvalue weighted by Gasteiger charge is -2.48. The van der Waals surface area contributed by atoms with Crippen molar-refractivity contribution in [2.24, 2.45) is 11.3 Å². The predicted octanol–water partition coefficient (Wildman–Crippen LogP) is 6.40. The number of amides is 5. The Labute approximate surface area is 403 Å². The van der Waals surface area contributed by atoms with Crippen molar-refractivity contribution < 1.29 is 37.1 Å². The Bertz CT molecular complexity index is 2680. The van der Waals surface area contributed by atoms with Gasteiger partial charge in [-0.1, -0.05) is 11.6 Å². The lowest BCUT2D eigenvalue weighted by Crippen LogP contribution is -2.53. The fraction of sp³-hybridized carbons (Fsp3) is 0.551. The number of urea groups is 1. The molecule has 20 heteroatoms. The van der Waals surface area contributed by atoms with Crippen LogP contribution in [0.3, 0.4) is 0 Å². The number of alkyl halides is 2. The number of hydrogen-bond donors (Lipinski definition) is 3. The third-order valence-electron chi connectivity index (χ3n) is 15.8. The van der Waals surface area contributed by atoms with Gasteiger partial charge in [0.15, 0.2) is 17.2 Å². The Kier molecular flexibility index (Phi) is 12.8. The van der Waals surface area contributed by atoms with Crippen LogP contribution < -0.4 is 25.8 Å². The van der Waals surface area contributed by atoms with Gasteiger partial charge in [0.1, 0.15) is 5.82 Å². The molecule has 4 aromatic rings. The highest BCUT2D eigenvalue weighted by Gasteiger charge is 2.47. The van der Waals surface area contributed by atoms with E-state index in [1.165, 1.54) is 27.7 Å². The number of methoxy groups -OCH3 is 1. The number of imide groups is 1. The number of halogens is 4. The zero-order chi connectivity index (χ0) is 48.4. The van der Waals surface area contributed by atoms with Gasteiger partial charge < -0.3 is 30.1 Å². The standard InChI is InChI=1S/C49H59ClF3N11O5/c1-29-20-30(22-38(43(29)50)63-15-8-42(65)57-47(63)68)46(67)61-18-11-48(12-19-61)9-16-59(17-10-48)27-32-6-13-60(28-49(32,52)53)26-31-21-33(51)23-37-34(31)7-14-62(37)41-24-36(54-2)44-55-25-39(64(44)58-41)45(66)56-35-4-5-40(35)69-3/h20-25,32,35,40,54H,4-19,26-28H2,1-3H3,(H,56,66)(H,57,65,68)/t32?,35?,40-/m1/s1. The molecule has 2 unspecified atom stereocenters. The molecule has 5 aliphatic heterocycles. The van der Waals surface area contributed by atoms with Crippen LogP contribution >= 0.6 is 11.6 Å². The molecule has 4 saturated heterocycles. The number of aromatic nitrogens is 3. The van der Waals surface area contributed by atoms with E-state index in [1.807, 2.05) is 15.9 Å². The second-order valence-corrected chi connectivity index (χ2v) is 20.3. The van der Waals surface area contributed by atoms with E-state index >= 15 is 13.2 Å². The third-order valence-corrected chi connectivity index (χ3v) is 16.3. The summed E-state index contributed by atoms with van der Waals surface area (Å²) in [6.07, 6.45) is 7.57. The fourth-order valence-electron chi connectivity index (χ4n) is 11.4. The number of aryl methyl sites for hydroxylation is 1. The summed E-state index contributed by atoms with van der Waals surface area (Å²) in [4.78, 5) is 65.1. The molecule has 6 aliphatic rings. The number of nitrogens with zero attached hydrogens (tertiary/aromatic N) is 8. The monoisotopic (exact) mass is 973 g/mol. The Hall–Kier alpha value is -5.50. The van der Waals surface area contributed by atoms with E-state index in [-0.39, 0.29) is 60.5 Å². The molecule has 3 N–H and O–H groups in total. The molecule has 0 radical (unpaired) electrons. The maximum absolute atomic E-state index is 16.1. The van der Waals surface area contributed by atoms with Crippen LogP contribution in [0, 0.1) is 24.1 Å². The van der Waals surface area contributed by atoms with Crippen molar-refractivity contribution in [3.8, 4) is 0 Å². The average molecular weight is 975 g/mol. The number of benzene rings is 2. The van der Waals surface area contributed by atoms with Crippen LogP contribution in [0.15, 0.2) is 36.5 Å². The van der Waals surface area contributed by atoms with Gasteiger partial charge in [-0.05, 0) is 124 Å². The summed E-state index contributed by atoms with van der Waals surface area (Å²) >= 11 is 6.59. The minimum absolute atomic E-state index is 0.0419. The number of carbonyl (C=O) groups excluding carboxylic acids is 4. The second-order valence-electron chi connectivity index (χ2n) is 19.9. The molecule has 10 rings (SSSR count). The van der Waals surface area contributed by atoms with Gasteiger partial charge in [0, 0.05) is 83.1 Å². The molecule has 3 atom stereocenters. The van der Waals surface area contributed by atoms with Crippen LogP contribution in [0.4, 0.5) is 40.8 Å². The van der Waals surface area contributed by atoms with Gasteiger partial charge in [-0.25, -0.2) is 27.5 Å². The number of likely N-dealkylation sites (tertiary alicyclic amines) is 3. The third kappa shape index (κ3) is 9.11. The maximum Gasteiger partial charge on any atom is 0.328 e. The van der Waals surface area contributed by atoms with Crippen molar-refractivity contribution in [3.05, 3.63) is 75.3 Å². The van der Waals surface area contributed by atoms with Crippen LogP contribution in [0.1, 0.15) is 88.9 Å². The highest BCUT2D eigenvalue weighted by atomic mass is 35.5. The number of ether oxygens (including phenoxy) is 1. The van der Waals surface area contributed by atoms with E-state index < -0.39 is 30.2 Å². The summed E-state index contributed by atoms with van der Waals surface area (Å²) in [7, 11) is 3.39. The van der Waals surface area contributed by atoms with Gasteiger partial charge in [-0.15, -0.1) is 5.10 Å². The zero-order valence-electron chi connectivity index (χ0n) is 39.3. The largest absolute Gasteiger partial charge is 0.385 e. The number of hydrogen-bond acceptors (Lipinski definition) is 11.